The van der Waals surface area contributed by atoms with Crippen molar-refractivity contribution in [2.75, 3.05) is 0 Å². The van der Waals surface area contributed by atoms with Crippen molar-refractivity contribution in [3.8, 4) is 5.75 Å². The first-order chi connectivity index (χ1) is 9.11. The first-order valence-electron chi connectivity index (χ1n) is 6.21. The van der Waals surface area contributed by atoms with Crippen molar-refractivity contribution in [1.29, 1.82) is 0 Å². The number of hydrogen-bond acceptors (Lipinski definition) is 1. The Morgan fingerprint density at radius 3 is 2.63 bits per heavy atom. The Kier molecular flexibility index (Phi) is 4.28. The molecule has 0 N–H and O–H groups in total. The summed E-state index contributed by atoms with van der Waals surface area (Å²) < 4.78 is 5.82. The highest BCUT2D eigenvalue weighted by Crippen LogP contribution is 2.23. The molecule has 0 fully saturated rings. The van der Waals surface area contributed by atoms with Crippen LogP contribution in [-0.2, 0) is 6.61 Å². The number of rotatable bonds is 4. The molecule has 0 aliphatic carbocycles. The van der Waals surface area contributed by atoms with Gasteiger partial charge in [0.05, 0.1) is 0 Å². The van der Waals surface area contributed by atoms with E-state index >= 15 is 0 Å². The van der Waals surface area contributed by atoms with Crippen molar-refractivity contribution in [3.63, 3.8) is 0 Å². The summed E-state index contributed by atoms with van der Waals surface area (Å²) in [7, 11) is 0. The molecule has 0 heterocycles. The van der Waals surface area contributed by atoms with E-state index in [1.54, 1.807) is 0 Å². The summed E-state index contributed by atoms with van der Waals surface area (Å²) in [5, 5.41) is 0.746. The smallest absolute Gasteiger partial charge is 0.120 e. The van der Waals surface area contributed by atoms with Gasteiger partial charge < -0.3 is 4.74 Å². The Labute approximate surface area is 119 Å². The second-order valence-corrected chi connectivity index (χ2v) is 4.95. The Morgan fingerprint density at radius 2 is 1.95 bits per heavy atom. The highest BCUT2D eigenvalue weighted by Gasteiger charge is 2.05. The highest BCUT2D eigenvalue weighted by molar-refractivity contribution is 6.31. The fourth-order valence-corrected chi connectivity index (χ4v) is 2.21. The van der Waals surface area contributed by atoms with Crippen molar-refractivity contribution < 1.29 is 4.74 Å². The Balaban J connectivity index is 2.17. The van der Waals surface area contributed by atoms with E-state index < -0.39 is 0 Å². The molecule has 2 aromatic rings. The average molecular weight is 273 g/mol. The lowest BCUT2D eigenvalue weighted by atomic mass is 10.1. The quantitative estimate of drug-likeness (QED) is 0.745. The standard InChI is InChI=1S/C17H17ClO/c1-4-14-10-15(9-8-12(14)2)19-11-16-13(3)6-5-7-17(16)18/h4-10H,1,11H2,2-3H3. The van der Waals surface area contributed by atoms with Crippen LogP contribution in [0.3, 0.4) is 0 Å². The van der Waals surface area contributed by atoms with Crippen LogP contribution in [0.5, 0.6) is 5.75 Å². The van der Waals surface area contributed by atoms with Crippen LogP contribution < -0.4 is 4.74 Å². The van der Waals surface area contributed by atoms with Crippen molar-refractivity contribution in [2.24, 2.45) is 0 Å². The zero-order chi connectivity index (χ0) is 13.8. The molecule has 0 amide bonds. The number of aryl methyl sites for hydroxylation is 2. The normalized spacial score (nSPS) is 10.3. The predicted molar refractivity (Wildman–Crippen MR) is 81.8 cm³/mol. The fourth-order valence-electron chi connectivity index (χ4n) is 1.93. The van der Waals surface area contributed by atoms with E-state index in [9.17, 15) is 0 Å². The van der Waals surface area contributed by atoms with Gasteiger partial charge in [-0.1, -0.05) is 42.5 Å². The molecule has 0 atom stereocenters. The van der Waals surface area contributed by atoms with E-state index in [4.69, 9.17) is 16.3 Å². The molecule has 2 rings (SSSR count). The minimum Gasteiger partial charge on any atom is -0.489 e. The van der Waals surface area contributed by atoms with Gasteiger partial charge in [0.1, 0.15) is 12.4 Å². The van der Waals surface area contributed by atoms with Gasteiger partial charge in [0.25, 0.3) is 0 Å². The largest absolute Gasteiger partial charge is 0.489 e. The monoisotopic (exact) mass is 272 g/mol. The lowest BCUT2D eigenvalue weighted by Gasteiger charge is -2.11. The van der Waals surface area contributed by atoms with Gasteiger partial charge in [-0.15, -0.1) is 0 Å². The minimum absolute atomic E-state index is 0.477. The molecule has 0 unspecified atom stereocenters. The van der Waals surface area contributed by atoms with E-state index in [1.165, 1.54) is 5.56 Å². The molecule has 0 radical (unpaired) electrons. The van der Waals surface area contributed by atoms with Gasteiger partial charge in [-0.25, -0.2) is 0 Å². The van der Waals surface area contributed by atoms with Gasteiger partial charge in [0.2, 0.25) is 0 Å². The predicted octanol–water partition coefficient (Wildman–Crippen LogP) is 5.18. The van der Waals surface area contributed by atoms with Crippen LogP contribution in [0.25, 0.3) is 6.08 Å². The van der Waals surface area contributed by atoms with Gasteiger partial charge in [-0.05, 0) is 48.7 Å². The van der Waals surface area contributed by atoms with Crippen LogP contribution in [0.4, 0.5) is 0 Å². The summed E-state index contributed by atoms with van der Waals surface area (Å²) in [6.45, 7) is 8.37. The van der Waals surface area contributed by atoms with Gasteiger partial charge >= 0.3 is 0 Å². The van der Waals surface area contributed by atoms with E-state index in [0.717, 1.165) is 27.5 Å². The van der Waals surface area contributed by atoms with E-state index in [0.29, 0.717) is 6.61 Å². The Hall–Kier alpha value is -1.73. The summed E-state index contributed by atoms with van der Waals surface area (Å²) in [4.78, 5) is 0. The minimum atomic E-state index is 0.477. The summed E-state index contributed by atoms with van der Waals surface area (Å²) in [5.41, 5.74) is 4.46. The van der Waals surface area contributed by atoms with Crippen LogP contribution in [0.15, 0.2) is 43.0 Å². The second-order valence-electron chi connectivity index (χ2n) is 4.55. The van der Waals surface area contributed by atoms with Crippen LogP contribution >= 0.6 is 11.6 Å². The van der Waals surface area contributed by atoms with Gasteiger partial charge in [-0.2, -0.15) is 0 Å². The Bertz CT molecular complexity index is 582. The number of hydrogen-bond donors (Lipinski definition) is 0. The molecule has 0 saturated heterocycles. The maximum Gasteiger partial charge on any atom is 0.120 e. The Morgan fingerprint density at radius 1 is 1.16 bits per heavy atom. The molecule has 0 spiro atoms. The molecule has 0 saturated carbocycles. The molecule has 0 bridgehead atoms. The number of ether oxygens (including phenoxy) is 1. The molecule has 1 nitrogen and oxygen atoms in total. The molecule has 2 aromatic carbocycles. The topological polar surface area (TPSA) is 9.23 Å². The lowest BCUT2D eigenvalue weighted by Crippen LogP contribution is -1.99. The van der Waals surface area contributed by atoms with Crippen molar-refractivity contribution in [3.05, 3.63) is 70.3 Å². The van der Waals surface area contributed by atoms with Crippen LogP contribution in [0.1, 0.15) is 22.3 Å². The third-order valence-electron chi connectivity index (χ3n) is 3.21. The van der Waals surface area contributed by atoms with Gasteiger partial charge in [0.15, 0.2) is 0 Å². The van der Waals surface area contributed by atoms with Crippen LogP contribution in [0, 0.1) is 13.8 Å². The number of benzene rings is 2. The highest BCUT2D eigenvalue weighted by atomic mass is 35.5. The van der Waals surface area contributed by atoms with Crippen molar-refractivity contribution >= 4 is 17.7 Å². The molecule has 0 aromatic heterocycles. The molecule has 98 valence electrons. The van der Waals surface area contributed by atoms with Crippen LogP contribution in [-0.4, -0.2) is 0 Å². The van der Waals surface area contributed by atoms with Crippen molar-refractivity contribution in [2.45, 2.75) is 20.5 Å². The molecule has 19 heavy (non-hydrogen) atoms. The molecule has 0 aliphatic heterocycles. The zero-order valence-electron chi connectivity index (χ0n) is 11.2. The maximum absolute atomic E-state index is 6.18. The summed E-state index contributed by atoms with van der Waals surface area (Å²) in [5.74, 6) is 0.833. The molecule has 0 aliphatic rings. The third kappa shape index (κ3) is 3.18. The third-order valence-corrected chi connectivity index (χ3v) is 3.56. The average Bonchev–Trinajstić information content (AvgIpc) is 2.40. The van der Waals surface area contributed by atoms with E-state index in [1.807, 2.05) is 49.4 Å². The van der Waals surface area contributed by atoms with Gasteiger partial charge in [-0.3, -0.25) is 0 Å². The summed E-state index contributed by atoms with van der Waals surface area (Å²) in [6, 6.07) is 11.9. The molecular weight excluding hydrogens is 256 g/mol. The molecular formula is C17H17ClO. The van der Waals surface area contributed by atoms with Gasteiger partial charge in [0, 0.05) is 10.6 Å². The lowest BCUT2D eigenvalue weighted by molar-refractivity contribution is 0.305. The SMILES string of the molecule is C=Cc1cc(OCc2c(C)cccc2Cl)ccc1C. The maximum atomic E-state index is 6.18. The summed E-state index contributed by atoms with van der Waals surface area (Å²) >= 11 is 6.18. The van der Waals surface area contributed by atoms with Crippen molar-refractivity contribution in [1.82, 2.24) is 0 Å². The first-order valence-corrected chi connectivity index (χ1v) is 6.59. The fraction of sp³-hybridized carbons (Fsp3) is 0.176. The zero-order valence-corrected chi connectivity index (χ0v) is 12.0. The second kappa shape index (κ2) is 5.94. The first kappa shape index (κ1) is 13.7. The van der Waals surface area contributed by atoms with Crippen LogP contribution in [0.2, 0.25) is 5.02 Å². The number of halogens is 1. The summed E-state index contributed by atoms with van der Waals surface area (Å²) in [6.07, 6.45) is 1.84. The van der Waals surface area contributed by atoms with E-state index in [-0.39, 0.29) is 0 Å². The van der Waals surface area contributed by atoms with E-state index in [2.05, 4.69) is 13.5 Å². The molecule has 2 heteroatoms.